The number of nitrogens with zero attached hydrogens (tertiary/aromatic N) is 3. The molecule has 0 radical (unpaired) electrons. The number of hydrogen-bond acceptors (Lipinski definition) is 4. The van der Waals surface area contributed by atoms with Crippen molar-refractivity contribution in [3.63, 3.8) is 0 Å². The van der Waals surface area contributed by atoms with Crippen LogP contribution in [0.3, 0.4) is 0 Å². The van der Waals surface area contributed by atoms with E-state index in [1.54, 1.807) is 0 Å². The first-order valence-corrected chi connectivity index (χ1v) is 7.99. The Morgan fingerprint density at radius 3 is 2.50 bits per heavy atom. The molecule has 4 nitrogen and oxygen atoms in total. The van der Waals surface area contributed by atoms with Gasteiger partial charge in [-0.15, -0.1) is 0 Å². The van der Waals surface area contributed by atoms with Gasteiger partial charge in [-0.25, -0.2) is 9.97 Å². The Bertz CT molecular complexity index is 440. The first kappa shape index (κ1) is 15.1. The maximum Gasteiger partial charge on any atom is 0.137 e. The summed E-state index contributed by atoms with van der Waals surface area (Å²) in [4.78, 5) is 11.7. The van der Waals surface area contributed by atoms with Crippen molar-refractivity contribution in [1.82, 2.24) is 9.97 Å². The lowest BCUT2D eigenvalue weighted by Gasteiger charge is -2.33. The van der Waals surface area contributed by atoms with Crippen LogP contribution in [0.5, 0.6) is 0 Å². The zero-order valence-electron chi connectivity index (χ0n) is 13.4. The van der Waals surface area contributed by atoms with Gasteiger partial charge in [0.2, 0.25) is 0 Å². The van der Waals surface area contributed by atoms with E-state index in [0.717, 1.165) is 49.4 Å². The lowest BCUT2D eigenvalue weighted by molar-refractivity contribution is 0.318. The standard InChI is InChI=1S/C16H28N4/c1-5-10-17-15-12(3)16(19-13(4)18-15)20(6-2)11-14-8-7-9-14/h14H,5-11H2,1-4H3,(H,17,18,19). The molecule has 0 saturated heterocycles. The fourth-order valence-corrected chi connectivity index (χ4v) is 2.69. The molecule has 0 bridgehead atoms. The van der Waals surface area contributed by atoms with E-state index in [-0.39, 0.29) is 0 Å². The average Bonchev–Trinajstić information content (AvgIpc) is 2.39. The zero-order chi connectivity index (χ0) is 14.5. The highest BCUT2D eigenvalue weighted by atomic mass is 15.2. The van der Waals surface area contributed by atoms with Crippen molar-refractivity contribution in [2.24, 2.45) is 5.92 Å². The Kier molecular flexibility index (Phi) is 5.21. The van der Waals surface area contributed by atoms with E-state index in [1.807, 2.05) is 6.92 Å². The Hall–Kier alpha value is -1.32. The van der Waals surface area contributed by atoms with Crippen molar-refractivity contribution in [1.29, 1.82) is 0 Å². The Labute approximate surface area is 123 Å². The molecule has 4 heteroatoms. The van der Waals surface area contributed by atoms with E-state index in [0.29, 0.717) is 0 Å². The van der Waals surface area contributed by atoms with E-state index in [9.17, 15) is 0 Å². The second-order valence-corrected chi connectivity index (χ2v) is 5.83. The summed E-state index contributed by atoms with van der Waals surface area (Å²) in [6.07, 6.45) is 5.26. The van der Waals surface area contributed by atoms with Gasteiger partial charge in [-0.05, 0) is 46.0 Å². The van der Waals surface area contributed by atoms with Crippen LogP contribution in [0.1, 0.15) is 50.9 Å². The van der Waals surface area contributed by atoms with Crippen LogP contribution in [-0.4, -0.2) is 29.6 Å². The Morgan fingerprint density at radius 1 is 1.20 bits per heavy atom. The smallest absolute Gasteiger partial charge is 0.137 e. The highest BCUT2D eigenvalue weighted by molar-refractivity contribution is 5.58. The molecule has 0 aromatic carbocycles. The van der Waals surface area contributed by atoms with Crippen LogP contribution in [0, 0.1) is 19.8 Å². The number of nitrogens with one attached hydrogen (secondary N) is 1. The van der Waals surface area contributed by atoms with Crippen molar-refractivity contribution >= 4 is 11.6 Å². The van der Waals surface area contributed by atoms with Crippen molar-refractivity contribution < 1.29 is 0 Å². The molecule has 20 heavy (non-hydrogen) atoms. The van der Waals surface area contributed by atoms with Gasteiger partial charge in [-0.2, -0.15) is 0 Å². The monoisotopic (exact) mass is 276 g/mol. The fourth-order valence-electron chi connectivity index (χ4n) is 2.69. The van der Waals surface area contributed by atoms with Gasteiger partial charge in [-0.1, -0.05) is 13.3 Å². The minimum absolute atomic E-state index is 0.858. The first-order chi connectivity index (χ1) is 9.65. The molecule has 1 heterocycles. The van der Waals surface area contributed by atoms with Gasteiger partial charge >= 0.3 is 0 Å². The predicted octanol–water partition coefficient (Wildman–Crippen LogP) is 3.54. The van der Waals surface area contributed by atoms with Gasteiger partial charge in [0.1, 0.15) is 17.5 Å². The topological polar surface area (TPSA) is 41.1 Å². The summed E-state index contributed by atoms with van der Waals surface area (Å²) in [5.74, 6) is 3.83. The summed E-state index contributed by atoms with van der Waals surface area (Å²) in [5.41, 5.74) is 1.19. The van der Waals surface area contributed by atoms with Gasteiger partial charge < -0.3 is 10.2 Å². The molecule has 2 rings (SSSR count). The van der Waals surface area contributed by atoms with Crippen LogP contribution in [0.25, 0.3) is 0 Å². The van der Waals surface area contributed by atoms with Crippen molar-refractivity contribution in [2.75, 3.05) is 29.9 Å². The lowest BCUT2D eigenvalue weighted by atomic mass is 9.85. The molecule has 1 saturated carbocycles. The molecule has 1 aromatic rings. The van der Waals surface area contributed by atoms with E-state index >= 15 is 0 Å². The second kappa shape index (κ2) is 6.91. The highest BCUT2D eigenvalue weighted by Gasteiger charge is 2.22. The summed E-state index contributed by atoms with van der Waals surface area (Å²) in [5, 5.41) is 3.43. The molecular weight excluding hydrogens is 248 g/mol. The molecule has 0 aliphatic heterocycles. The predicted molar refractivity (Wildman–Crippen MR) is 85.5 cm³/mol. The van der Waals surface area contributed by atoms with Crippen molar-refractivity contribution in [3.8, 4) is 0 Å². The van der Waals surface area contributed by atoms with Crippen molar-refractivity contribution in [3.05, 3.63) is 11.4 Å². The molecule has 0 spiro atoms. The summed E-state index contributed by atoms with van der Waals surface area (Å²) < 4.78 is 0. The summed E-state index contributed by atoms with van der Waals surface area (Å²) in [6.45, 7) is 11.6. The van der Waals surface area contributed by atoms with Crippen LogP contribution in [0.2, 0.25) is 0 Å². The number of aromatic nitrogens is 2. The summed E-state index contributed by atoms with van der Waals surface area (Å²) >= 11 is 0. The molecule has 1 aliphatic rings. The number of hydrogen-bond donors (Lipinski definition) is 1. The largest absolute Gasteiger partial charge is 0.370 e. The van der Waals surface area contributed by atoms with Gasteiger partial charge in [0.25, 0.3) is 0 Å². The third-order valence-corrected chi connectivity index (χ3v) is 4.16. The normalized spacial score (nSPS) is 15.0. The zero-order valence-corrected chi connectivity index (χ0v) is 13.4. The van der Waals surface area contributed by atoms with Crippen molar-refractivity contribution in [2.45, 2.75) is 53.4 Å². The number of rotatable bonds is 7. The number of aryl methyl sites for hydroxylation is 1. The summed E-state index contributed by atoms with van der Waals surface area (Å²) in [7, 11) is 0. The van der Waals surface area contributed by atoms with Crippen LogP contribution in [0.15, 0.2) is 0 Å². The average molecular weight is 276 g/mol. The molecular formula is C16H28N4. The Balaban J connectivity index is 2.20. The minimum Gasteiger partial charge on any atom is -0.370 e. The van der Waals surface area contributed by atoms with Crippen LogP contribution in [-0.2, 0) is 0 Å². The summed E-state index contributed by atoms with van der Waals surface area (Å²) in [6, 6.07) is 0. The van der Waals surface area contributed by atoms with Gasteiger partial charge in [0.05, 0.1) is 0 Å². The SMILES string of the molecule is CCCNc1nc(C)nc(N(CC)CC2CCC2)c1C. The quantitative estimate of drug-likeness (QED) is 0.827. The third kappa shape index (κ3) is 3.41. The third-order valence-electron chi connectivity index (χ3n) is 4.16. The second-order valence-electron chi connectivity index (χ2n) is 5.83. The van der Waals surface area contributed by atoms with Crippen LogP contribution >= 0.6 is 0 Å². The number of anilines is 2. The van der Waals surface area contributed by atoms with E-state index in [1.165, 1.54) is 24.8 Å². The minimum atomic E-state index is 0.858. The lowest BCUT2D eigenvalue weighted by Crippen LogP contribution is -2.34. The maximum atomic E-state index is 4.70. The van der Waals surface area contributed by atoms with Gasteiger partial charge in [0, 0.05) is 25.2 Å². The van der Waals surface area contributed by atoms with Gasteiger partial charge in [-0.3, -0.25) is 0 Å². The highest BCUT2D eigenvalue weighted by Crippen LogP contribution is 2.30. The van der Waals surface area contributed by atoms with Crippen LogP contribution < -0.4 is 10.2 Å². The van der Waals surface area contributed by atoms with Gasteiger partial charge in [0.15, 0.2) is 0 Å². The molecule has 112 valence electrons. The first-order valence-electron chi connectivity index (χ1n) is 7.99. The van der Waals surface area contributed by atoms with E-state index in [2.05, 4.69) is 36.0 Å². The molecule has 1 aromatic heterocycles. The molecule has 0 unspecified atom stereocenters. The molecule has 1 fully saturated rings. The molecule has 1 aliphatic carbocycles. The van der Waals surface area contributed by atoms with Crippen LogP contribution in [0.4, 0.5) is 11.6 Å². The Morgan fingerprint density at radius 2 is 1.95 bits per heavy atom. The molecule has 1 N–H and O–H groups in total. The maximum absolute atomic E-state index is 4.70. The van der Waals surface area contributed by atoms with E-state index < -0.39 is 0 Å². The molecule has 0 amide bonds. The van der Waals surface area contributed by atoms with E-state index in [4.69, 9.17) is 4.98 Å². The molecule has 0 atom stereocenters. The fraction of sp³-hybridized carbons (Fsp3) is 0.750.